The first kappa shape index (κ1) is 24.2. The van der Waals surface area contributed by atoms with Gasteiger partial charge in [0.05, 0.1) is 12.6 Å². The van der Waals surface area contributed by atoms with Gasteiger partial charge in [-0.05, 0) is 73.4 Å². The van der Waals surface area contributed by atoms with Crippen LogP contribution in [0.5, 0.6) is 5.75 Å². The van der Waals surface area contributed by atoms with Crippen LogP contribution in [0.25, 0.3) is 10.9 Å². The smallest absolute Gasteiger partial charge is 0.223 e. The van der Waals surface area contributed by atoms with E-state index in [0.717, 1.165) is 70.5 Å². The third-order valence-electron chi connectivity index (χ3n) is 9.42. The average molecular weight is 514 g/mol. The molecule has 1 aromatic heterocycles. The van der Waals surface area contributed by atoms with Crippen LogP contribution >= 0.6 is 0 Å². The Hall–Kier alpha value is -2.87. The number of nitrogens with zero attached hydrogens (tertiary/aromatic N) is 2. The molecule has 7 heteroatoms. The number of fused-ring (bicyclic) bond motifs is 3. The minimum Gasteiger partial charge on any atom is -0.493 e. The predicted octanol–water partition coefficient (Wildman–Crippen LogP) is 3.83. The molecule has 2 aromatic carbocycles. The first-order chi connectivity index (χ1) is 18.6. The summed E-state index contributed by atoms with van der Waals surface area (Å²) in [6, 6.07) is 16.2. The maximum absolute atomic E-state index is 13.5. The third kappa shape index (κ3) is 4.51. The quantitative estimate of drug-likeness (QED) is 0.484. The van der Waals surface area contributed by atoms with Crippen LogP contribution in [0.3, 0.4) is 0 Å². The zero-order valence-electron chi connectivity index (χ0n) is 22.3. The second-order valence-corrected chi connectivity index (χ2v) is 11.9. The SMILES string of the molecule is Cn1cc(CN2CCC[C@@H](NC(=O)C3CCC4NNC(c5ccc6c(c5)CCO6)C4C3)C2)c2ccccc21. The number of hydrogen-bond donors (Lipinski definition) is 3. The van der Waals surface area contributed by atoms with Crippen molar-refractivity contribution in [3.63, 3.8) is 0 Å². The molecule has 200 valence electrons. The normalized spacial score (nSPS) is 29.1. The number of para-hydroxylation sites is 1. The van der Waals surface area contributed by atoms with Gasteiger partial charge in [-0.25, -0.2) is 5.43 Å². The van der Waals surface area contributed by atoms with E-state index >= 15 is 0 Å². The van der Waals surface area contributed by atoms with E-state index in [0.29, 0.717) is 12.0 Å². The van der Waals surface area contributed by atoms with E-state index in [1.807, 2.05) is 0 Å². The van der Waals surface area contributed by atoms with E-state index < -0.39 is 0 Å². The minimum atomic E-state index is 0.0895. The van der Waals surface area contributed by atoms with Crippen LogP contribution in [-0.2, 0) is 24.8 Å². The molecule has 3 fully saturated rings. The lowest BCUT2D eigenvalue weighted by atomic mass is 9.74. The minimum absolute atomic E-state index is 0.0895. The molecule has 7 nitrogen and oxygen atoms in total. The highest BCUT2D eigenvalue weighted by Crippen LogP contribution is 2.41. The molecule has 0 bridgehead atoms. The Balaban J connectivity index is 0.982. The molecule has 4 unspecified atom stereocenters. The predicted molar refractivity (Wildman–Crippen MR) is 149 cm³/mol. The van der Waals surface area contributed by atoms with Gasteiger partial charge >= 0.3 is 0 Å². The lowest BCUT2D eigenvalue weighted by Gasteiger charge is -2.36. The fourth-order valence-electron chi connectivity index (χ4n) is 7.45. The van der Waals surface area contributed by atoms with Gasteiger partial charge in [-0.2, -0.15) is 0 Å². The molecule has 5 atom stereocenters. The Kier molecular flexibility index (Phi) is 6.38. The summed E-state index contributed by atoms with van der Waals surface area (Å²) in [5.41, 5.74) is 12.4. The van der Waals surface area contributed by atoms with Gasteiger partial charge in [0, 0.05) is 61.7 Å². The summed E-state index contributed by atoms with van der Waals surface area (Å²) in [4.78, 5) is 16.0. The van der Waals surface area contributed by atoms with Crippen molar-refractivity contribution in [2.45, 2.75) is 63.2 Å². The largest absolute Gasteiger partial charge is 0.493 e. The monoisotopic (exact) mass is 513 g/mol. The van der Waals surface area contributed by atoms with E-state index in [4.69, 9.17) is 4.74 Å². The Labute approximate surface area is 224 Å². The average Bonchev–Trinajstić information content (AvgIpc) is 3.66. The highest BCUT2D eigenvalue weighted by molar-refractivity contribution is 5.83. The summed E-state index contributed by atoms with van der Waals surface area (Å²) in [5.74, 6) is 1.80. The van der Waals surface area contributed by atoms with Crippen LogP contribution in [0.15, 0.2) is 48.7 Å². The molecule has 0 spiro atoms. The van der Waals surface area contributed by atoms with E-state index in [1.54, 1.807) is 0 Å². The van der Waals surface area contributed by atoms with Crippen molar-refractivity contribution >= 4 is 16.8 Å². The number of benzene rings is 2. The Bertz CT molecular complexity index is 1340. The summed E-state index contributed by atoms with van der Waals surface area (Å²) in [7, 11) is 2.12. The first-order valence-electron chi connectivity index (χ1n) is 14.4. The Morgan fingerprint density at radius 1 is 1.13 bits per heavy atom. The number of hydrazine groups is 1. The van der Waals surface area contributed by atoms with Crippen LogP contribution in [-0.4, -0.2) is 47.2 Å². The topological polar surface area (TPSA) is 70.6 Å². The number of likely N-dealkylation sites (tertiary alicyclic amines) is 1. The van der Waals surface area contributed by atoms with Crippen molar-refractivity contribution in [2.75, 3.05) is 19.7 Å². The van der Waals surface area contributed by atoms with Gasteiger partial charge in [0.2, 0.25) is 5.91 Å². The van der Waals surface area contributed by atoms with Crippen molar-refractivity contribution in [1.82, 2.24) is 25.6 Å². The van der Waals surface area contributed by atoms with E-state index in [-0.39, 0.29) is 23.9 Å². The summed E-state index contributed by atoms with van der Waals surface area (Å²) in [5, 5.41) is 4.81. The van der Waals surface area contributed by atoms with E-state index in [9.17, 15) is 4.79 Å². The lowest BCUT2D eigenvalue weighted by Crippen LogP contribution is -2.50. The molecule has 7 rings (SSSR count). The molecule has 2 saturated heterocycles. The van der Waals surface area contributed by atoms with Gasteiger partial charge in [0.25, 0.3) is 0 Å². The standard InChI is InChI=1S/C31H39N5O2/c1-35-17-23(25-6-2-3-7-28(25)35)18-36-13-4-5-24(19-36)32-31(37)22-8-10-27-26(16-22)30(34-33-27)21-9-11-29-20(15-21)12-14-38-29/h2-3,6-7,9,11,15,17,22,24,26-27,30,33-34H,4-5,8,10,12-14,16,18-19H2,1H3,(H,32,37)/t22?,24-,26?,27?,30?/m1/s1. The zero-order chi connectivity index (χ0) is 25.6. The molecule has 1 saturated carbocycles. The van der Waals surface area contributed by atoms with Crippen LogP contribution in [0, 0.1) is 11.8 Å². The van der Waals surface area contributed by atoms with Crippen LogP contribution < -0.4 is 20.9 Å². The van der Waals surface area contributed by atoms with Crippen molar-refractivity contribution in [1.29, 1.82) is 0 Å². The number of piperidine rings is 1. The molecular weight excluding hydrogens is 474 g/mol. The number of aryl methyl sites for hydroxylation is 1. The second-order valence-electron chi connectivity index (χ2n) is 11.9. The van der Waals surface area contributed by atoms with Gasteiger partial charge in [0.15, 0.2) is 0 Å². The number of carbonyl (C=O) groups is 1. The summed E-state index contributed by atoms with van der Waals surface area (Å²) < 4.78 is 7.93. The number of amides is 1. The molecular formula is C31H39N5O2. The van der Waals surface area contributed by atoms with E-state index in [1.165, 1.54) is 27.6 Å². The fraction of sp³-hybridized carbons (Fsp3) is 0.516. The van der Waals surface area contributed by atoms with Crippen molar-refractivity contribution in [3.8, 4) is 5.75 Å². The van der Waals surface area contributed by atoms with Crippen LogP contribution in [0.2, 0.25) is 0 Å². The van der Waals surface area contributed by atoms with Crippen molar-refractivity contribution < 1.29 is 9.53 Å². The van der Waals surface area contributed by atoms with Crippen LogP contribution in [0.1, 0.15) is 54.8 Å². The van der Waals surface area contributed by atoms with Gasteiger partial charge in [0.1, 0.15) is 5.75 Å². The number of rotatable bonds is 5. The number of aromatic nitrogens is 1. The first-order valence-corrected chi connectivity index (χ1v) is 14.4. The van der Waals surface area contributed by atoms with Crippen molar-refractivity contribution in [2.24, 2.45) is 18.9 Å². The van der Waals surface area contributed by atoms with E-state index in [2.05, 4.69) is 81.3 Å². The van der Waals surface area contributed by atoms with Gasteiger partial charge in [-0.15, -0.1) is 0 Å². The number of carbonyl (C=O) groups excluding carboxylic acids is 1. The molecule has 1 amide bonds. The Morgan fingerprint density at radius 3 is 3.00 bits per heavy atom. The number of ether oxygens (including phenoxy) is 1. The molecule has 3 aliphatic heterocycles. The second kappa shape index (κ2) is 10.0. The molecule has 4 heterocycles. The summed E-state index contributed by atoms with van der Waals surface area (Å²) in [6.07, 6.45) is 8.38. The lowest BCUT2D eigenvalue weighted by molar-refractivity contribution is -0.127. The summed E-state index contributed by atoms with van der Waals surface area (Å²) in [6.45, 7) is 3.74. The molecule has 3 aromatic rings. The zero-order valence-corrected chi connectivity index (χ0v) is 22.3. The van der Waals surface area contributed by atoms with Crippen molar-refractivity contribution in [3.05, 3.63) is 65.4 Å². The fourth-order valence-corrected chi connectivity index (χ4v) is 7.45. The van der Waals surface area contributed by atoms with Gasteiger partial charge in [-0.1, -0.05) is 30.3 Å². The maximum atomic E-state index is 13.5. The molecule has 1 aliphatic carbocycles. The number of nitrogens with one attached hydrogen (secondary N) is 3. The highest BCUT2D eigenvalue weighted by Gasteiger charge is 2.43. The highest BCUT2D eigenvalue weighted by atomic mass is 16.5. The van der Waals surface area contributed by atoms with Gasteiger partial charge in [-0.3, -0.25) is 15.1 Å². The maximum Gasteiger partial charge on any atom is 0.223 e. The molecule has 3 N–H and O–H groups in total. The molecule has 38 heavy (non-hydrogen) atoms. The van der Waals surface area contributed by atoms with Crippen LogP contribution in [0.4, 0.5) is 0 Å². The molecule has 4 aliphatic rings. The Morgan fingerprint density at radius 2 is 2.05 bits per heavy atom. The molecule has 0 radical (unpaired) electrons. The van der Waals surface area contributed by atoms with Gasteiger partial charge < -0.3 is 14.6 Å². The third-order valence-corrected chi connectivity index (χ3v) is 9.42. The summed E-state index contributed by atoms with van der Waals surface area (Å²) >= 11 is 0. The number of hydrogen-bond acceptors (Lipinski definition) is 5.